The maximum absolute atomic E-state index is 12.0. The number of aliphatic hydroxyl groups excluding tert-OH is 2. The number of ether oxygens (including phenoxy) is 3. The van der Waals surface area contributed by atoms with Gasteiger partial charge in [0.15, 0.2) is 0 Å². The van der Waals surface area contributed by atoms with Gasteiger partial charge in [-0.05, 0) is 37.5 Å². The number of likely N-dealkylation sites (tertiary alicyclic amines) is 1. The van der Waals surface area contributed by atoms with E-state index in [1.54, 1.807) is 18.9 Å². The smallest absolute Gasteiger partial charge is 0.248 e. The summed E-state index contributed by atoms with van der Waals surface area (Å²) >= 11 is 0. The summed E-state index contributed by atoms with van der Waals surface area (Å²) in [6.45, 7) is 5.33. The van der Waals surface area contributed by atoms with Gasteiger partial charge in [-0.2, -0.15) is 0 Å². The number of methoxy groups -OCH3 is 1. The highest BCUT2D eigenvalue weighted by molar-refractivity contribution is 5.77. The Hall–Kier alpha value is -1.67. The number of carbonyl (C=O) groups is 1. The van der Waals surface area contributed by atoms with Crippen molar-refractivity contribution in [2.24, 2.45) is 5.41 Å². The van der Waals surface area contributed by atoms with Crippen molar-refractivity contribution in [3.8, 4) is 5.75 Å². The van der Waals surface area contributed by atoms with Crippen LogP contribution in [0.5, 0.6) is 5.75 Å². The summed E-state index contributed by atoms with van der Waals surface area (Å²) < 4.78 is 17.1. The second-order valence-electron chi connectivity index (χ2n) is 8.37. The lowest BCUT2D eigenvalue weighted by atomic mass is 9.72. The molecule has 0 saturated carbocycles. The van der Waals surface area contributed by atoms with Crippen molar-refractivity contribution in [1.82, 2.24) is 4.90 Å². The molecule has 29 heavy (non-hydrogen) atoms. The zero-order valence-electron chi connectivity index (χ0n) is 17.5. The lowest BCUT2D eigenvalue weighted by molar-refractivity contribution is -0.133. The van der Waals surface area contributed by atoms with Crippen LogP contribution in [-0.2, 0) is 14.3 Å². The number of amides is 1. The number of carbonyl (C=O) groups excluding carboxylic acids is 1. The van der Waals surface area contributed by atoms with Crippen molar-refractivity contribution >= 4 is 5.91 Å². The van der Waals surface area contributed by atoms with E-state index in [9.17, 15) is 15.0 Å². The van der Waals surface area contributed by atoms with Crippen molar-refractivity contribution in [2.75, 3.05) is 40.0 Å². The molecule has 5 unspecified atom stereocenters. The van der Waals surface area contributed by atoms with E-state index in [2.05, 4.69) is 0 Å². The first-order chi connectivity index (χ1) is 13.9. The molecule has 162 valence electrons. The van der Waals surface area contributed by atoms with Gasteiger partial charge in [-0.25, -0.2) is 0 Å². The summed E-state index contributed by atoms with van der Waals surface area (Å²) in [5.74, 6) is 0.415. The van der Waals surface area contributed by atoms with Gasteiger partial charge >= 0.3 is 0 Å². The van der Waals surface area contributed by atoms with Crippen molar-refractivity contribution in [3.05, 3.63) is 29.8 Å². The van der Waals surface area contributed by atoms with E-state index in [1.807, 2.05) is 31.2 Å². The fourth-order valence-corrected chi connectivity index (χ4v) is 4.41. The van der Waals surface area contributed by atoms with Crippen molar-refractivity contribution in [2.45, 2.75) is 50.9 Å². The summed E-state index contributed by atoms with van der Waals surface area (Å²) in [4.78, 5) is 13.6. The molecule has 2 saturated heterocycles. The molecule has 1 aromatic carbocycles. The SMILES string of the molecule is COC(COc1ccc(C2CN(C(=O)CO)CC2(C)C(C)O)cc1)C1CCCO1. The molecule has 3 rings (SSSR count). The summed E-state index contributed by atoms with van der Waals surface area (Å²) in [6, 6.07) is 7.80. The minimum Gasteiger partial charge on any atom is -0.491 e. The van der Waals surface area contributed by atoms with Gasteiger partial charge in [-0.15, -0.1) is 0 Å². The molecule has 5 atom stereocenters. The number of nitrogens with zero attached hydrogens (tertiary/aromatic N) is 1. The molecule has 0 bridgehead atoms. The largest absolute Gasteiger partial charge is 0.491 e. The van der Waals surface area contributed by atoms with Gasteiger partial charge in [-0.3, -0.25) is 4.79 Å². The van der Waals surface area contributed by atoms with Crippen molar-refractivity contribution in [1.29, 1.82) is 0 Å². The second-order valence-corrected chi connectivity index (χ2v) is 8.37. The minimum absolute atomic E-state index is 0.0225. The Morgan fingerprint density at radius 2 is 2.10 bits per heavy atom. The fraction of sp³-hybridized carbons (Fsp3) is 0.682. The van der Waals surface area contributed by atoms with E-state index in [-0.39, 0.29) is 24.0 Å². The van der Waals surface area contributed by atoms with Crippen LogP contribution in [0.1, 0.15) is 38.2 Å². The van der Waals surface area contributed by atoms with Crippen LogP contribution in [0.4, 0.5) is 0 Å². The van der Waals surface area contributed by atoms with Gasteiger partial charge in [-0.1, -0.05) is 19.1 Å². The molecular weight excluding hydrogens is 374 g/mol. The first kappa shape index (κ1) is 22.0. The normalized spacial score (nSPS) is 29.1. The molecule has 0 radical (unpaired) electrons. The molecule has 2 N–H and O–H groups in total. The van der Waals surface area contributed by atoms with Crippen LogP contribution >= 0.6 is 0 Å². The Bertz CT molecular complexity index is 672. The molecule has 1 aromatic rings. The van der Waals surface area contributed by atoms with Crippen LogP contribution in [0.2, 0.25) is 0 Å². The van der Waals surface area contributed by atoms with Crippen LogP contribution in [-0.4, -0.2) is 79.4 Å². The highest BCUT2D eigenvalue weighted by Crippen LogP contribution is 2.45. The summed E-state index contributed by atoms with van der Waals surface area (Å²) in [6.07, 6.45) is 1.44. The quantitative estimate of drug-likeness (QED) is 0.680. The van der Waals surface area contributed by atoms with Gasteiger partial charge in [0.2, 0.25) is 5.91 Å². The number of aliphatic hydroxyl groups is 2. The molecule has 2 aliphatic rings. The number of benzene rings is 1. The van der Waals surface area contributed by atoms with Crippen LogP contribution in [0.15, 0.2) is 24.3 Å². The standard InChI is InChI=1S/C22H33NO6/c1-15(25)22(2)14-23(21(26)12-24)11-18(22)16-6-8-17(9-7-16)29-13-20(27-3)19-5-4-10-28-19/h6-9,15,18-20,24-25H,4-5,10-14H2,1-3H3. The van der Waals surface area contributed by atoms with E-state index >= 15 is 0 Å². The molecule has 1 amide bonds. The van der Waals surface area contributed by atoms with E-state index in [4.69, 9.17) is 14.2 Å². The zero-order valence-corrected chi connectivity index (χ0v) is 17.5. The third kappa shape index (κ3) is 4.74. The summed E-state index contributed by atoms with van der Waals surface area (Å²) in [5, 5.41) is 19.6. The third-order valence-electron chi connectivity index (χ3n) is 6.55. The van der Waals surface area contributed by atoms with E-state index in [0.717, 1.165) is 30.8 Å². The minimum atomic E-state index is -0.589. The molecular formula is C22H33NO6. The lowest BCUT2D eigenvalue weighted by Gasteiger charge is -2.33. The van der Waals surface area contributed by atoms with Gasteiger partial charge in [0.1, 0.15) is 25.1 Å². The zero-order chi connectivity index (χ0) is 21.0. The van der Waals surface area contributed by atoms with E-state index < -0.39 is 18.1 Å². The maximum atomic E-state index is 12.0. The number of rotatable bonds is 8. The Morgan fingerprint density at radius 1 is 1.38 bits per heavy atom. The molecule has 2 aliphatic heterocycles. The predicted octanol–water partition coefficient (Wildman–Crippen LogP) is 1.56. The van der Waals surface area contributed by atoms with Crippen LogP contribution < -0.4 is 4.74 Å². The predicted molar refractivity (Wildman–Crippen MR) is 108 cm³/mol. The van der Waals surface area contributed by atoms with Gasteiger partial charge in [0, 0.05) is 38.1 Å². The van der Waals surface area contributed by atoms with Crippen LogP contribution in [0.3, 0.4) is 0 Å². The Morgan fingerprint density at radius 3 is 2.66 bits per heavy atom. The monoisotopic (exact) mass is 407 g/mol. The molecule has 7 heteroatoms. The summed E-state index contributed by atoms with van der Waals surface area (Å²) in [5.41, 5.74) is 0.560. The first-order valence-electron chi connectivity index (χ1n) is 10.3. The van der Waals surface area contributed by atoms with Crippen LogP contribution in [0.25, 0.3) is 0 Å². The highest BCUT2D eigenvalue weighted by Gasteiger charge is 2.48. The van der Waals surface area contributed by atoms with E-state index in [0.29, 0.717) is 19.7 Å². The lowest BCUT2D eigenvalue weighted by Crippen LogP contribution is -2.38. The second kappa shape index (κ2) is 9.43. The molecule has 0 aliphatic carbocycles. The molecule has 2 heterocycles. The maximum Gasteiger partial charge on any atom is 0.248 e. The Balaban J connectivity index is 1.67. The average Bonchev–Trinajstić information content (AvgIpc) is 3.37. The summed E-state index contributed by atoms with van der Waals surface area (Å²) in [7, 11) is 1.68. The van der Waals surface area contributed by atoms with Crippen LogP contribution in [0, 0.1) is 5.41 Å². The van der Waals surface area contributed by atoms with E-state index in [1.165, 1.54) is 0 Å². The topological polar surface area (TPSA) is 88.5 Å². The molecule has 0 aromatic heterocycles. The van der Waals surface area contributed by atoms with Gasteiger partial charge in [0.25, 0.3) is 0 Å². The molecule has 2 fully saturated rings. The third-order valence-corrected chi connectivity index (χ3v) is 6.55. The molecule has 0 spiro atoms. The van der Waals surface area contributed by atoms with Crippen molar-refractivity contribution in [3.63, 3.8) is 0 Å². The first-order valence-corrected chi connectivity index (χ1v) is 10.3. The fourth-order valence-electron chi connectivity index (χ4n) is 4.41. The number of hydrogen-bond acceptors (Lipinski definition) is 6. The van der Waals surface area contributed by atoms with Gasteiger partial charge < -0.3 is 29.3 Å². The molecule has 7 nitrogen and oxygen atoms in total. The van der Waals surface area contributed by atoms with Gasteiger partial charge in [0.05, 0.1) is 12.2 Å². The van der Waals surface area contributed by atoms with Crippen molar-refractivity contribution < 1.29 is 29.2 Å². The average molecular weight is 408 g/mol. The Labute approximate surface area is 172 Å². The number of hydrogen-bond donors (Lipinski definition) is 2. The Kier molecular flexibility index (Phi) is 7.16. The highest BCUT2D eigenvalue weighted by atomic mass is 16.6.